The summed E-state index contributed by atoms with van der Waals surface area (Å²) in [5, 5.41) is 13.9. The summed E-state index contributed by atoms with van der Waals surface area (Å²) in [5.41, 5.74) is 3.33. The quantitative estimate of drug-likeness (QED) is 0.575. The van der Waals surface area contributed by atoms with Gasteiger partial charge in [-0.3, -0.25) is 0 Å². The number of anilines is 2. The lowest BCUT2D eigenvalue weighted by Gasteiger charge is -2.32. The van der Waals surface area contributed by atoms with Crippen LogP contribution in [0.1, 0.15) is 55.3 Å². The highest BCUT2D eigenvalue weighted by Crippen LogP contribution is 2.31. The van der Waals surface area contributed by atoms with Crippen molar-refractivity contribution in [1.29, 1.82) is 0 Å². The molecule has 1 aromatic carbocycles. The van der Waals surface area contributed by atoms with Gasteiger partial charge in [0.05, 0.1) is 12.2 Å². The first-order valence-electron chi connectivity index (χ1n) is 12.0. The van der Waals surface area contributed by atoms with Crippen LogP contribution in [0.3, 0.4) is 0 Å². The number of aromatic nitrogens is 2. The van der Waals surface area contributed by atoms with Crippen molar-refractivity contribution in [3.05, 3.63) is 46.1 Å². The second kappa shape index (κ2) is 10.6. The summed E-state index contributed by atoms with van der Waals surface area (Å²) in [6.45, 7) is 0.858. The average molecular weight is 472 g/mol. The number of hydrogen-bond donors (Lipinski definition) is 2. The minimum atomic E-state index is -0.895. The van der Waals surface area contributed by atoms with Crippen LogP contribution in [-0.4, -0.2) is 52.7 Å². The number of carboxylic acid groups (broad SMARTS) is 1. The van der Waals surface area contributed by atoms with Crippen molar-refractivity contribution in [3.63, 3.8) is 0 Å². The molecular weight excluding hydrogens is 438 g/mol. The van der Waals surface area contributed by atoms with Crippen LogP contribution in [-0.2, 0) is 19.4 Å². The minimum absolute atomic E-state index is 0.319. The first-order chi connectivity index (χ1) is 15.9. The lowest BCUT2D eigenvalue weighted by molar-refractivity contribution is 0.127. The zero-order valence-corrected chi connectivity index (χ0v) is 20.3. The fourth-order valence-electron chi connectivity index (χ4n) is 5.03. The van der Waals surface area contributed by atoms with E-state index in [0.29, 0.717) is 30.1 Å². The van der Waals surface area contributed by atoms with Crippen LogP contribution < -0.4 is 10.2 Å². The summed E-state index contributed by atoms with van der Waals surface area (Å²) in [6.07, 6.45) is 7.52. The third kappa shape index (κ3) is 5.88. The number of fused-ring (bicyclic) bond motifs is 1. The summed E-state index contributed by atoms with van der Waals surface area (Å²) in [7, 11) is 4.09. The first-order valence-corrected chi connectivity index (χ1v) is 12.3. The number of rotatable bonds is 7. The Bertz CT molecular complexity index is 975. The molecule has 1 heterocycles. The summed E-state index contributed by atoms with van der Waals surface area (Å²) in [4.78, 5) is 25.1. The first kappa shape index (κ1) is 23.6. The summed E-state index contributed by atoms with van der Waals surface area (Å²) in [5.74, 6) is 2.12. The number of nitrogens with zero attached hydrogens (tertiary/aromatic N) is 4. The molecule has 2 aliphatic rings. The molecule has 0 atom stereocenters. The third-order valence-electron chi connectivity index (χ3n) is 6.83. The van der Waals surface area contributed by atoms with Gasteiger partial charge in [0.1, 0.15) is 5.82 Å². The van der Waals surface area contributed by atoms with Gasteiger partial charge in [0.15, 0.2) is 0 Å². The number of carbonyl (C=O) groups is 1. The van der Waals surface area contributed by atoms with E-state index in [1.807, 2.05) is 32.3 Å². The largest absolute Gasteiger partial charge is 0.465 e. The molecule has 1 saturated carbocycles. The molecule has 0 unspecified atom stereocenters. The van der Waals surface area contributed by atoms with Crippen molar-refractivity contribution in [2.75, 3.05) is 30.9 Å². The fourth-order valence-corrected chi connectivity index (χ4v) is 5.23. The van der Waals surface area contributed by atoms with Gasteiger partial charge in [-0.1, -0.05) is 29.8 Å². The number of nitrogens with one attached hydrogen (secondary N) is 1. The van der Waals surface area contributed by atoms with Gasteiger partial charge in [0, 0.05) is 37.3 Å². The molecule has 33 heavy (non-hydrogen) atoms. The predicted octanol–water partition coefficient (Wildman–Crippen LogP) is 5.23. The maximum absolute atomic E-state index is 11.8. The minimum Gasteiger partial charge on any atom is -0.465 e. The highest BCUT2D eigenvalue weighted by Gasteiger charge is 2.26. The van der Waals surface area contributed by atoms with Gasteiger partial charge in [-0.15, -0.1) is 0 Å². The van der Waals surface area contributed by atoms with Gasteiger partial charge in [-0.05, 0) is 68.9 Å². The molecule has 0 saturated heterocycles. The smallest absolute Gasteiger partial charge is 0.407 e. The van der Waals surface area contributed by atoms with Gasteiger partial charge in [0.25, 0.3) is 0 Å². The van der Waals surface area contributed by atoms with Gasteiger partial charge in [0.2, 0.25) is 5.95 Å². The molecule has 2 aliphatic carbocycles. The molecule has 1 amide bonds. The number of benzene rings is 1. The average Bonchev–Trinajstić information content (AvgIpc) is 2.80. The van der Waals surface area contributed by atoms with E-state index in [2.05, 4.69) is 10.2 Å². The van der Waals surface area contributed by atoms with Crippen LogP contribution in [0.15, 0.2) is 24.3 Å². The number of aryl methyl sites for hydroxylation is 1. The Morgan fingerprint density at radius 2 is 1.85 bits per heavy atom. The lowest BCUT2D eigenvalue weighted by Crippen LogP contribution is -2.37. The second-order valence-electron chi connectivity index (χ2n) is 9.51. The Morgan fingerprint density at radius 3 is 2.55 bits per heavy atom. The zero-order valence-electron chi connectivity index (χ0n) is 19.6. The van der Waals surface area contributed by atoms with Gasteiger partial charge < -0.3 is 20.2 Å². The Labute approximate surface area is 201 Å². The number of hydrogen-bond acceptors (Lipinski definition) is 5. The maximum Gasteiger partial charge on any atom is 0.407 e. The molecule has 0 bridgehead atoms. The summed E-state index contributed by atoms with van der Waals surface area (Å²) < 4.78 is 0. The molecule has 1 aromatic heterocycles. The predicted molar refractivity (Wildman–Crippen MR) is 132 cm³/mol. The highest BCUT2D eigenvalue weighted by atomic mass is 35.5. The Hall–Kier alpha value is -2.54. The van der Waals surface area contributed by atoms with Gasteiger partial charge >= 0.3 is 6.09 Å². The van der Waals surface area contributed by atoms with E-state index in [1.54, 1.807) is 6.07 Å². The molecule has 1 fully saturated rings. The Balaban J connectivity index is 1.34. The standard InChI is InChI=1S/C25H34ClN5O2/c1-30(2)23-20-8-4-6-10-22(20)28-24(29-23)27-19-13-11-17(12-14-19)15-31(25(32)33)16-18-7-3-5-9-21(18)26/h3,5,7,9,17,19H,4,6,8,10-16H2,1-2H3,(H,32,33)(H,27,28,29). The fraction of sp³-hybridized carbons (Fsp3) is 0.560. The Morgan fingerprint density at radius 1 is 1.12 bits per heavy atom. The van der Waals surface area contributed by atoms with Crippen LogP contribution >= 0.6 is 11.6 Å². The molecule has 178 valence electrons. The highest BCUT2D eigenvalue weighted by molar-refractivity contribution is 6.31. The maximum atomic E-state index is 11.8. The molecular formula is C25H34ClN5O2. The van der Waals surface area contributed by atoms with Crippen LogP contribution in [0.4, 0.5) is 16.6 Å². The molecule has 0 spiro atoms. The van der Waals surface area contributed by atoms with Crippen LogP contribution in [0.2, 0.25) is 5.02 Å². The van der Waals surface area contributed by atoms with E-state index in [-0.39, 0.29) is 0 Å². The van der Waals surface area contributed by atoms with E-state index < -0.39 is 6.09 Å². The SMILES string of the molecule is CN(C)c1nc(NC2CCC(CN(Cc3ccccc3Cl)C(=O)O)CC2)nc2c1CCCC2. The molecule has 7 nitrogen and oxygen atoms in total. The van der Waals surface area contributed by atoms with Crippen LogP contribution in [0.5, 0.6) is 0 Å². The molecule has 8 heteroatoms. The lowest BCUT2D eigenvalue weighted by atomic mass is 9.85. The molecule has 0 aliphatic heterocycles. The van der Waals surface area contributed by atoms with E-state index in [4.69, 9.17) is 21.6 Å². The van der Waals surface area contributed by atoms with Crippen molar-refractivity contribution < 1.29 is 9.90 Å². The number of amides is 1. The number of halogens is 1. The third-order valence-corrected chi connectivity index (χ3v) is 7.20. The van der Waals surface area contributed by atoms with Crippen LogP contribution in [0, 0.1) is 5.92 Å². The summed E-state index contributed by atoms with van der Waals surface area (Å²) in [6, 6.07) is 7.76. The van der Waals surface area contributed by atoms with E-state index in [0.717, 1.165) is 55.9 Å². The zero-order chi connectivity index (χ0) is 23.4. The molecule has 4 rings (SSSR count). The molecule has 0 radical (unpaired) electrons. The van der Waals surface area contributed by atoms with Crippen molar-refractivity contribution >= 4 is 29.5 Å². The monoisotopic (exact) mass is 471 g/mol. The molecule has 2 N–H and O–H groups in total. The summed E-state index contributed by atoms with van der Waals surface area (Å²) >= 11 is 6.24. The molecule has 2 aromatic rings. The van der Waals surface area contributed by atoms with E-state index in [1.165, 1.54) is 29.0 Å². The van der Waals surface area contributed by atoms with E-state index in [9.17, 15) is 9.90 Å². The normalized spacial score (nSPS) is 20.1. The Kier molecular flexibility index (Phi) is 7.58. The second-order valence-corrected chi connectivity index (χ2v) is 9.92. The van der Waals surface area contributed by atoms with Crippen LogP contribution in [0.25, 0.3) is 0 Å². The van der Waals surface area contributed by atoms with Crippen molar-refractivity contribution in [1.82, 2.24) is 14.9 Å². The topological polar surface area (TPSA) is 81.6 Å². The van der Waals surface area contributed by atoms with Crippen molar-refractivity contribution in [3.8, 4) is 0 Å². The van der Waals surface area contributed by atoms with E-state index >= 15 is 0 Å². The van der Waals surface area contributed by atoms with Gasteiger partial charge in [-0.2, -0.15) is 4.98 Å². The van der Waals surface area contributed by atoms with Crippen molar-refractivity contribution in [2.45, 2.75) is 64.0 Å². The van der Waals surface area contributed by atoms with Gasteiger partial charge in [-0.25, -0.2) is 9.78 Å². The van der Waals surface area contributed by atoms with Crippen molar-refractivity contribution in [2.24, 2.45) is 5.92 Å².